The molecule has 1 aromatic heterocycles. The topological polar surface area (TPSA) is 43.4 Å². The summed E-state index contributed by atoms with van der Waals surface area (Å²) >= 11 is 1.65. The van der Waals surface area contributed by atoms with Crippen LogP contribution in [0.25, 0.3) is 21.8 Å². The summed E-state index contributed by atoms with van der Waals surface area (Å²) in [6.45, 7) is 2.99. The van der Waals surface area contributed by atoms with Crippen LogP contribution in [-0.4, -0.2) is 24.7 Å². The summed E-state index contributed by atoms with van der Waals surface area (Å²) in [4.78, 5) is 4.80. The van der Waals surface area contributed by atoms with Gasteiger partial charge < -0.3 is 14.8 Å². The van der Waals surface area contributed by atoms with E-state index in [-0.39, 0.29) is 6.10 Å². The lowest BCUT2D eigenvalue weighted by atomic mass is 10.1. The summed E-state index contributed by atoms with van der Waals surface area (Å²) < 4.78 is 11.2. The normalized spacial score (nSPS) is 15.8. The molecule has 2 heterocycles. The minimum absolute atomic E-state index is 0.250. The van der Waals surface area contributed by atoms with Crippen molar-refractivity contribution in [3.8, 4) is 33.3 Å². The first kappa shape index (κ1) is 16.0. The Kier molecular flexibility index (Phi) is 4.32. The van der Waals surface area contributed by atoms with Crippen LogP contribution in [0.5, 0.6) is 11.5 Å². The number of rotatable bonds is 4. The molecule has 1 aliphatic rings. The van der Waals surface area contributed by atoms with E-state index < -0.39 is 0 Å². The van der Waals surface area contributed by atoms with E-state index in [1.54, 1.807) is 18.4 Å². The Hall–Kier alpha value is -2.53. The van der Waals surface area contributed by atoms with E-state index in [0.29, 0.717) is 0 Å². The van der Waals surface area contributed by atoms with Crippen LogP contribution in [0.4, 0.5) is 5.69 Å². The van der Waals surface area contributed by atoms with Gasteiger partial charge in [0.2, 0.25) is 0 Å². The predicted molar refractivity (Wildman–Crippen MR) is 103 cm³/mol. The molecule has 0 fully saturated rings. The van der Waals surface area contributed by atoms with Crippen LogP contribution < -0.4 is 14.8 Å². The molecule has 0 radical (unpaired) electrons. The van der Waals surface area contributed by atoms with Crippen LogP contribution in [0.1, 0.15) is 13.3 Å². The monoisotopic (exact) mass is 352 g/mol. The number of aromatic nitrogens is 1. The third-order valence-corrected chi connectivity index (χ3v) is 5.28. The van der Waals surface area contributed by atoms with Crippen molar-refractivity contribution in [2.45, 2.75) is 19.4 Å². The molecule has 1 N–H and O–H groups in total. The summed E-state index contributed by atoms with van der Waals surface area (Å²) in [6, 6.07) is 14.2. The van der Waals surface area contributed by atoms with Crippen molar-refractivity contribution in [2.24, 2.45) is 0 Å². The fraction of sp³-hybridized carbons (Fsp3) is 0.250. The molecule has 0 saturated heterocycles. The lowest BCUT2D eigenvalue weighted by molar-refractivity contribution is 0.202. The molecule has 0 bridgehead atoms. The van der Waals surface area contributed by atoms with E-state index in [4.69, 9.17) is 14.5 Å². The minimum atomic E-state index is 0.250. The first-order chi connectivity index (χ1) is 12.3. The molecule has 0 aliphatic carbocycles. The van der Waals surface area contributed by atoms with Crippen LogP contribution in [0.2, 0.25) is 0 Å². The molecule has 1 atom stereocenters. The molecular weight excluding hydrogens is 332 g/mol. The third-order valence-electron chi connectivity index (χ3n) is 4.39. The maximum Gasteiger partial charge on any atom is 0.142 e. The second-order valence-electron chi connectivity index (χ2n) is 6.01. The number of anilines is 1. The van der Waals surface area contributed by atoms with Gasteiger partial charge in [-0.25, -0.2) is 4.98 Å². The molecule has 3 aromatic rings. The van der Waals surface area contributed by atoms with Crippen LogP contribution in [0.15, 0.2) is 47.8 Å². The van der Waals surface area contributed by atoms with Gasteiger partial charge in [0.15, 0.2) is 0 Å². The van der Waals surface area contributed by atoms with Crippen molar-refractivity contribution >= 4 is 17.0 Å². The summed E-state index contributed by atoms with van der Waals surface area (Å²) in [5.74, 6) is 1.78. The predicted octanol–water partition coefficient (Wildman–Crippen LogP) is 5.07. The zero-order valence-electron chi connectivity index (χ0n) is 14.3. The van der Waals surface area contributed by atoms with E-state index in [9.17, 15) is 0 Å². The molecule has 128 valence electrons. The summed E-state index contributed by atoms with van der Waals surface area (Å²) in [6.07, 6.45) is 1.26. The molecular formula is C20H20N2O2S. The number of fused-ring (bicyclic) bond motifs is 1. The Balaban J connectivity index is 1.59. The molecule has 0 amide bonds. The van der Waals surface area contributed by atoms with E-state index in [2.05, 4.69) is 29.8 Å². The first-order valence-corrected chi connectivity index (χ1v) is 9.29. The van der Waals surface area contributed by atoms with Crippen LogP contribution in [0.3, 0.4) is 0 Å². The largest absolute Gasteiger partial charge is 0.497 e. The maximum atomic E-state index is 5.98. The number of nitrogens with one attached hydrogen (secondary N) is 1. The van der Waals surface area contributed by atoms with Gasteiger partial charge in [-0.3, -0.25) is 0 Å². The number of thiazole rings is 1. The number of nitrogens with zero attached hydrogens (tertiary/aromatic N) is 1. The highest BCUT2D eigenvalue weighted by Crippen LogP contribution is 2.36. The summed E-state index contributed by atoms with van der Waals surface area (Å²) in [7, 11) is 1.67. The average molecular weight is 352 g/mol. The molecule has 0 saturated carbocycles. The van der Waals surface area contributed by atoms with Gasteiger partial charge >= 0.3 is 0 Å². The van der Waals surface area contributed by atoms with Gasteiger partial charge in [0.25, 0.3) is 0 Å². The third kappa shape index (κ3) is 3.20. The molecule has 1 unspecified atom stereocenters. The number of hydrogen-bond donors (Lipinski definition) is 1. The van der Waals surface area contributed by atoms with Crippen molar-refractivity contribution in [1.82, 2.24) is 4.98 Å². The van der Waals surface area contributed by atoms with Gasteiger partial charge in [-0.1, -0.05) is 6.92 Å². The molecule has 1 aliphatic heterocycles. The Morgan fingerprint density at radius 2 is 2.00 bits per heavy atom. The molecule has 4 nitrogen and oxygen atoms in total. The number of methoxy groups -OCH3 is 1. The fourth-order valence-corrected chi connectivity index (χ4v) is 3.70. The van der Waals surface area contributed by atoms with E-state index >= 15 is 0 Å². The lowest BCUT2D eigenvalue weighted by Gasteiger charge is -2.26. The Bertz CT molecular complexity index is 874. The van der Waals surface area contributed by atoms with Crippen molar-refractivity contribution in [2.75, 3.05) is 19.0 Å². The molecule has 2 aromatic carbocycles. The van der Waals surface area contributed by atoms with Gasteiger partial charge in [0, 0.05) is 16.5 Å². The van der Waals surface area contributed by atoms with Gasteiger partial charge in [-0.05, 0) is 48.9 Å². The van der Waals surface area contributed by atoms with Gasteiger partial charge in [0.05, 0.1) is 25.0 Å². The molecule has 0 spiro atoms. The standard InChI is InChI=1S/C20H20N2O2S/c1-3-15-11-21-17-10-14(6-9-19(17)24-15)20-22-18(12-25-20)13-4-7-16(23-2)8-5-13/h4-10,12,15,21H,3,11H2,1-2H3. The Labute approximate surface area is 151 Å². The highest BCUT2D eigenvalue weighted by atomic mass is 32.1. The zero-order valence-corrected chi connectivity index (χ0v) is 15.1. The molecule has 5 heteroatoms. The van der Waals surface area contributed by atoms with E-state index in [0.717, 1.165) is 52.0 Å². The maximum absolute atomic E-state index is 5.98. The second-order valence-corrected chi connectivity index (χ2v) is 6.86. The quantitative estimate of drug-likeness (QED) is 0.712. The fourth-order valence-electron chi connectivity index (χ4n) is 2.88. The lowest BCUT2D eigenvalue weighted by Crippen LogP contribution is -2.29. The Morgan fingerprint density at radius 3 is 2.76 bits per heavy atom. The smallest absolute Gasteiger partial charge is 0.142 e. The van der Waals surface area contributed by atoms with E-state index in [1.165, 1.54) is 0 Å². The van der Waals surface area contributed by atoms with Crippen LogP contribution in [-0.2, 0) is 0 Å². The highest BCUT2D eigenvalue weighted by Gasteiger charge is 2.18. The van der Waals surface area contributed by atoms with Crippen LogP contribution >= 0.6 is 11.3 Å². The minimum Gasteiger partial charge on any atom is -0.497 e. The molecule has 25 heavy (non-hydrogen) atoms. The number of hydrogen-bond acceptors (Lipinski definition) is 5. The Morgan fingerprint density at radius 1 is 1.20 bits per heavy atom. The SMILES string of the molecule is CCC1CNc2cc(-c3nc(-c4ccc(OC)cc4)cs3)ccc2O1. The number of benzene rings is 2. The van der Waals surface area contributed by atoms with Gasteiger partial charge in [0.1, 0.15) is 22.6 Å². The highest BCUT2D eigenvalue weighted by molar-refractivity contribution is 7.13. The second kappa shape index (κ2) is 6.76. The molecule has 4 rings (SSSR count). The van der Waals surface area contributed by atoms with Crippen molar-refractivity contribution in [3.05, 3.63) is 47.8 Å². The van der Waals surface area contributed by atoms with Gasteiger partial charge in [-0.15, -0.1) is 11.3 Å². The average Bonchev–Trinajstić information content (AvgIpc) is 3.17. The summed E-state index contributed by atoms with van der Waals surface area (Å²) in [5.41, 5.74) is 4.22. The number of ether oxygens (including phenoxy) is 2. The van der Waals surface area contributed by atoms with E-state index in [1.807, 2.05) is 30.3 Å². The van der Waals surface area contributed by atoms with Crippen molar-refractivity contribution in [1.29, 1.82) is 0 Å². The zero-order chi connectivity index (χ0) is 17.2. The summed E-state index contributed by atoms with van der Waals surface area (Å²) in [5, 5.41) is 6.56. The van der Waals surface area contributed by atoms with Gasteiger partial charge in [-0.2, -0.15) is 0 Å². The van der Waals surface area contributed by atoms with Crippen LogP contribution in [0, 0.1) is 0 Å². The first-order valence-electron chi connectivity index (χ1n) is 8.41. The van der Waals surface area contributed by atoms with Crippen molar-refractivity contribution < 1.29 is 9.47 Å². The van der Waals surface area contributed by atoms with Crippen molar-refractivity contribution in [3.63, 3.8) is 0 Å².